The van der Waals surface area contributed by atoms with Crippen LogP contribution in [0.25, 0.3) is 6.08 Å². The van der Waals surface area contributed by atoms with Gasteiger partial charge in [-0.2, -0.15) is 0 Å². The van der Waals surface area contributed by atoms with Gasteiger partial charge in [0.25, 0.3) is 5.91 Å². The highest BCUT2D eigenvalue weighted by atomic mass is 32.2. The van der Waals surface area contributed by atoms with Gasteiger partial charge in [-0.15, -0.1) is 0 Å². The molecule has 0 saturated carbocycles. The summed E-state index contributed by atoms with van der Waals surface area (Å²) in [5, 5.41) is 9.62. The number of carbonyl (C=O) groups is 1. The van der Waals surface area contributed by atoms with E-state index in [1.807, 2.05) is 0 Å². The highest BCUT2D eigenvalue weighted by molar-refractivity contribution is 8.27. The van der Waals surface area contributed by atoms with Gasteiger partial charge in [-0.05, 0) is 35.9 Å². The van der Waals surface area contributed by atoms with Crippen molar-refractivity contribution < 1.29 is 19.0 Å². The summed E-state index contributed by atoms with van der Waals surface area (Å²) >= 11 is 6.31. The number of aromatic hydroxyl groups is 1. The number of methoxy groups -OCH3 is 1. The van der Waals surface area contributed by atoms with Crippen molar-refractivity contribution in [3.8, 4) is 11.5 Å². The Morgan fingerprint density at radius 1 is 1.29 bits per heavy atom. The van der Waals surface area contributed by atoms with Crippen LogP contribution in [0.3, 0.4) is 0 Å². The predicted octanol–water partition coefficient (Wildman–Crippen LogP) is 3.95. The van der Waals surface area contributed by atoms with Gasteiger partial charge in [-0.1, -0.05) is 42.2 Å². The normalized spacial score (nSPS) is 16.1. The van der Waals surface area contributed by atoms with Crippen LogP contribution in [0.15, 0.2) is 47.4 Å². The van der Waals surface area contributed by atoms with E-state index in [-0.39, 0.29) is 21.7 Å². The van der Waals surface area contributed by atoms with Gasteiger partial charge in [0.2, 0.25) is 0 Å². The molecule has 0 atom stereocenters. The van der Waals surface area contributed by atoms with Gasteiger partial charge >= 0.3 is 0 Å². The number of phenols is 1. The summed E-state index contributed by atoms with van der Waals surface area (Å²) in [4.78, 5) is 14.1. The van der Waals surface area contributed by atoms with Crippen molar-refractivity contribution in [1.82, 2.24) is 0 Å². The van der Waals surface area contributed by atoms with E-state index in [1.54, 1.807) is 30.3 Å². The monoisotopic (exact) mass is 361 g/mol. The molecule has 122 valence electrons. The lowest BCUT2D eigenvalue weighted by Gasteiger charge is -2.14. The Bertz CT molecular complexity index is 867. The zero-order valence-electron chi connectivity index (χ0n) is 12.5. The number of rotatable bonds is 3. The van der Waals surface area contributed by atoms with E-state index in [1.165, 1.54) is 30.2 Å². The van der Waals surface area contributed by atoms with Crippen LogP contribution in [-0.2, 0) is 4.79 Å². The molecule has 7 heteroatoms. The summed E-state index contributed by atoms with van der Waals surface area (Å²) < 4.78 is 19.3. The van der Waals surface area contributed by atoms with Gasteiger partial charge in [-0.3, -0.25) is 9.69 Å². The minimum Gasteiger partial charge on any atom is -0.504 e. The number of thiocarbonyl (C=S) groups is 1. The standard InChI is InChI=1S/C17H12FNO3S2/c1-22-14-8-10(6-7-13(14)20)9-15-16(21)19(17(23)24-15)12-5-3-2-4-11(12)18/h2-9,20H,1H3/b15-9-. The minimum absolute atomic E-state index is 0.00792. The Morgan fingerprint density at radius 2 is 2.04 bits per heavy atom. The maximum absolute atomic E-state index is 14.0. The largest absolute Gasteiger partial charge is 0.504 e. The van der Waals surface area contributed by atoms with E-state index in [0.717, 1.165) is 11.8 Å². The average Bonchev–Trinajstić information content (AvgIpc) is 2.84. The van der Waals surface area contributed by atoms with E-state index < -0.39 is 5.82 Å². The molecule has 1 aliphatic heterocycles. The van der Waals surface area contributed by atoms with Gasteiger partial charge in [-0.25, -0.2) is 4.39 Å². The fourth-order valence-electron chi connectivity index (χ4n) is 2.24. The fraction of sp³-hybridized carbons (Fsp3) is 0.0588. The number of ether oxygens (including phenoxy) is 1. The number of hydrogen-bond donors (Lipinski definition) is 1. The number of carbonyl (C=O) groups excluding carboxylic acids is 1. The van der Waals surface area contributed by atoms with Crippen molar-refractivity contribution in [2.45, 2.75) is 0 Å². The smallest absolute Gasteiger partial charge is 0.270 e. The first-order valence-electron chi connectivity index (χ1n) is 6.91. The number of para-hydroxylation sites is 1. The number of amides is 1. The molecule has 2 aromatic carbocycles. The van der Waals surface area contributed by atoms with Crippen LogP contribution in [0, 0.1) is 5.82 Å². The number of nitrogens with zero attached hydrogens (tertiary/aromatic N) is 1. The van der Waals surface area contributed by atoms with E-state index in [2.05, 4.69) is 0 Å². The van der Waals surface area contributed by atoms with Gasteiger partial charge in [0, 0.05) is 0 Å². The van der Waals surface area contributed by atoms with Gasteiger partial charge in [0.05, 0.1) is 17.7 Å². The average molecular weight is 361 g/mol. The maximum atomic E-state index is 14.0. The fourth-order valence-corrected chi connectivity index (χ4v) is 3.53. The van der Waals surface area contributed by atoms with Gasteiger partial charge in [0.1, 0.15) is 5.82 Å². The zero-order chi connectivity index (χ0) is 17.3. The molecule has 1 heterocycles. The lowest BCUT2D eigenvalue weighted by molar-refractivity contribution is -0.113. The molecule has 0 aliphatic carbocycles. The second kappa shape index (κ2) is 6.62. The second-order valence-electron chi connectivity index (χ2n) is 4.90. The van der Waals surface area contributed by atoms with Crippen LogP contribution in [0.1, 0.15) is 5.56 Å². The number of thioether (sulfide) groups is 1. The van der Waals surface area contributed by atoms with Crippen LogP contribution in [-0.4, -0.2) is 22.4 Å². The molecule has 1 aliphatic rings. The van der Waals surface area contributed by atoms with Crippen molar-refractivity contribution in [3.05, 3.63) is 58.8 Å². The lowest BCUT2D eigenvalue weighted by Crippen LogP contribution is -2.28. The number of halogens is 1. The summed E-state index contributed by atoms with van der Waals surface area (Å²) in [5.74, 6) is -0.592. The van der Waals surface area contributed by atoms with E-state index >= 15 is 0 Å². The van der Waals surface area contributed by atoms with Crippen LogP contribution < -0.4 is 9.64 Å². The molecule has 0 radical (unpaired) electrons. The minimum atomic E-state index is -0.513. The number of hydrogen-bond acceptors (Lipinski definition) is 5. The molecule has 0 aromatic heterocycles. The third-order valence-corrected chi connectivity index (χ3v) is 4.69. The molecular weight excluding hydrogens is 349 g/mol. The van der Waals surface area contributed by atoms with Gasteiger partial charge < -0.3 is 9.84 Å². The molecule has 1 fully saturated rings. The third kappa shape index (κ3) is 3.00. The molecule has 1 amide bonds. The molecule has 0 unspecified atom stereocenters. The van der Waals surface area contributed by atoms with Crippen LogP contribution >= 0.6 is 24.0 Å². The third-order valence-electron chi connectivity index (χ3n) is 3.39. The number of benzene rings is 2. The summed E-state index contributed by atoms with van der Waals surface area (Å²) in [7, 11) is 1.44. The van der Waals surface area contributed by atoms with E-state index in [9.17, 15) is 14.3 Å². The highest BCUT2D eigenvalue weighted by Gasteiger charge is 2.34. The quantitative estimate of drug-likeness (QED) is 0.663. The first-order valence-corrected chi connectivity index (χ1v) is 8.13. The zero-order valence-corrected chi connectivity index (χ0v) is 14.2. The molecule has 0 bridgehead atoms. The van der Waals surface area contributed by atoms with Gasteiger partial charge in [0.15, 0.2) is 15.8 Å². The molecular formula is C17H12FNO3S2. The number of phenolic OH excluding ortho intramolecular Hbond substituents is 1. The Labute approximate surface area is 147 Å². The Balaban J connectivity index is 1.96. The number of anilines is 1. The molecule has 3 rings (SSSR count). The topological polar surface area (TPSA) is 49.8 Å². The van der Waals surface area contributed by atoms with Crippen molar-refractivity contribution in [1.29, 1.82) is 0 Å². The Hall–Kier alpha value is -2.38. The van der Waals surface area contributed by atoms with Crippen molar-refractivity contribution in [2.75, 3.05) is 12.0 Å². The van der Waals surface area contributed by atoms with Crippen molar-refractivity contribution in [2.24, 2.45) is 0 Å². The summed E-state index contributed by atoms with van der Waals surface area (Å²) in [6.07, 6.45) is 1.63. The molecule has 0 spiro atoms. The molecule has 1 N–H and O–H groups in total. The van der Waals surface area contributed by atoms with Crippen molar-refractivity contribution >= 4 is 46.0 Å². The lowest BCUT2D eigenvalue weighted by atomic mass is 10.2. The molecule has 1 saturated heterocycles. The van der Waals surface area contributed by atoms with E-state index in [4.69, 9.17) is 17.0 Å². The Kier molecular flexibility index (Phi) is 4.55. The van der Waals surface area contributed by atoms with Crippen LogP contribution in [0.2, 0.25) is 0 Å². The van der Waals surface area contributed by atoms with Crippen LogP contribution in [0.5, 0.6) is 11.5 Å². The predicted molar refractivity (Wildman–Crippen MR) is 96.7 cm³/mol. The maximum Gasteiger partial charge on any atom is 0.270 e. The summed E-state index contributed by atoms with van der Waals surface area (Å²) in [6, 6.07) is 10.7. The molecule has 24 heavy (non-hydrogen) atoms. The van der Waals surface area contributed by atoms with Crippen LogP contribution in [0.4, 0.5) is 10.1 Å². The first-order chi connectivity index (χ1) is 11.5. The first kappa shape index (κ1) is 16.5. The summed E-state index contributed by atoms with van der Waals surface area (Å²) in [5.41, 5.74) is 0.797. The Morgan fingerprint density at radius 3 is 2.75 bits per heavy atom. The van der Waals surface area contributed by atoms with Crippen molar-refractivity contribution in [3.63, 3.8) is 0 Å². The second-order valence-corrected chi connectivity index (χ2v) is 6.58. The summed E-state index contributed by atoms with van der Waals surface area (Å²) in [6.45, 7) is 0. The highest BCUT2D eigenvalue weighted by Crippen LogP contribution is 2.37. The molecule has 4 nitrogen and oxygen atoms in total. The van der Waals surface area contributed by atoms with E-state index in [0.29, 0.717) is 16.2 Å². The molecule has 2 aromatic rings. The SMILES string of the molecule is COc1cc(/C=C2\SC(=S)N(c3ccccc3F)C2=O)ccc1O.